The molecular formula is C8H13FN4. The zero-order valence-corrected chi connectivity index (χ0v) is 7.57. The van der Waals surface area contributed by atoms with Gasteiger partial charge in [-0.1, -0.05) is 12.1 Å². The van der Waals surface area contributed by atoms with Gasteiger partial charge in [-0.2, -0.15) is 5.21 Å². The number of halogens is 1. The van der Waals surface area contributed by atoms with Crippen LogP contribution in [0, 0.1) is 5.92 Å². The van der Waals surface area contributed by atoms with Gasteiger partial charge in [-0.15, -0.1) is 10.2 Å². The first-order valence-corrected chi connectivity index (χ1v) is 4.64. The smallest absolute Gasteiger partial charge is 0.177 e. The first-order valence-electron chi connectivity index (χ1n) is 4.64. The number of hydrogen-bond acceptors (Lipinski definition) is 3. The summed E-state index contributed by atoms with van der Waals surface area (Å²) in [7, 11) is 0. The number of nitrogens with zero attached hydrogens (tertiary/aromatic N) is 3. The second kappa shape index (κ2) is 3.40. The molecule has 1 aliphatic rings. The fourth-order valence-electron chi connectivity index (χ4n) is 1.94. The summed E-state index contributed by atoms with van der Waals surface area (Å²) in [5.41, 5.74) is 0. The molecule has 1 aromatic heterocycles. The Labute approximate surface area is 75.9 Å². The molecule has 0 saturated heterocycles. The van der Waals surface area contributed by atoms with Crippen LogP contribution >= 0.6 is 0 Å². The van der Waals surface area contributed by atoms with Crippen LogP contribution in [0.25, 0.3) is 0 Å². The van der Waals surface area contributed by atoms with Gasteiger partial charge in [0, 0.05) is 5.92 Å². The maximum absolute atomic E-state index is 13.1. The third-order valence-electron chi connectivity index (χ3n) is 2.79. The van der Waals surface area contributed by atoms with E-state index in [2.05, 4.69) is 20.6 Å². The number of H-pyrrole nitrogens is 1. The molecule has 5 heteroatoms. The van der Waals surface area contributed by atoms with E-state index in [0.29, 0.717) is 12.3 Å². The highest BCUT2D eigenvalue weighted by atomic mass is 19.1. The summed E-state index contributed by atoms with van der Waals surface area (Å²) < 4.78 is 13.1. The van der Waals surface area contributed by atoms with Crippen molar-refractivity contribution in [1.82, 2.24) is 20.6 Å². The number of tetrazole rings is 1. The third-order valence-corrected chi connectivity index (χ3v) is 2.79. The van der Waals surface area contributed by atoms with E-state index < -0.39 is 6.17 Å². The van der Waals surface area contributed by atoms with Crippen LogP contribution in [-0.4, -0.2) is 26.8 Å². The molecule has 0 aromatic carbocycles. The number of rotatable bonds is 1. The van der Waals surface area contributed by atoms with Gasteiger partial charge in [0.15, 0.2) is 5.82 Å². The summed E-state index contributed by atoms with van der Waals surface area (Å²) in [6.07, 6.45) is 1.65. The van der Waals surface area contributed by atoms with Gasteiger partial charge in [0.1, 0.15) is 6.17 Å². The van der Waals surface area contributed by atoms with E-state index in [0.717, 1.165) is 18.7 Å². The van der Waals surface area contributed by atoms with Crippen molar-refractivity contribution in [3.05, 3.63) is 5.82 Å². The molecule has 1 fully saturated rings. The van der Waals surface area contributed by atoms with E-state index in [1.54, 1.807) is 0 Å². The average molecular weight is 184 g/mol. The van der Waals surface area contributed by atoms with E-state index in [1.165, 1.54) is 0 Å². The van der Waals surface area contributed by atoms with Gasteiger partial charge >= 0.3 is 0 Å². The lowest BCUT2D eigenvalue weighted by Gasteiger charge is -2.27. The Bertz CT molecular complexity index is 261. The van der Waals surface area contributed by atoms with Gasteiger partial charge in [0.25, 0.3) is 0 Å². The second-order valence-corrected chi connectivity index (χ2v) is 3.77. The number of nitrogens with one attached hydrogen (secondary N) is 1. The SMILES string of the molecule is CC1CC(c2nn[nH]n2)CCC1F. The highest BCUT2D eigenvalue weighted by molar-refractivity contribution is 4.95. The van der Waals surface area contributed by atoms with Crippen molar-refractivity contribution < 1.29 is 4.39 Å². The van der Waals surface area contributed by atoms with Gasteiger partial charge in [-0.25, -0.2) is 4.39 Å². The van der Waals surface area contributed by atoms with E-state index in [-0.39, 0.29) is 5.92 Å². The van der Waals surface area contributed by atoms with Crippen molar-refractivity contribution >= 4 is 0 Å². The minimum atomic E-state index is -0.650. The lowest BCUT2D eigenvalue weighted by molar-refractivity contribution is 0.162. The van der Waals surface area contributed by atoms with Crippen molar-refractivity contribution in [3.8, 4) is 0 Å². The summed E-state index contributed by atoms with van der Waals surface area (Å²) >= 11 is 0. The topological polar surface area (TPSA) is 54.5 Å². The Morgan fingerprint density at radius 2 is 2.31 bits per heavy atom. The molecule has 1 heterocycles. The van der Waals surface area contributed by atoms with Crippen molar-refractivity contribution in [3.63, 3.8) is 0 Å². The fourth-order valence-corrected chi connectivity index (χ4v) is 1.94. The summed E-state index contributed by atoms with van der Waals surface area (Å²) in [6, 6.07) is 0. The summed E-state index contributed by atoms with van der Waals surface area (Å²) in [6.45, 7) is 1.94. The van der Waals surface area contributed by atoms with Crippen LogP contribution in [0.5, 0.6) is 0 Å². The molecule has 1 saturated carbocycles. The quantitative estimate of drug-likeness (QED) is 0.718. The minimum Gasteiger partial charge on any atom is -0.247 e. The van der Waals surface area contributed by atoms with Crippen LogP contribution in [0.15, 0.2) is 0 Å². The van der Waals surface area contributed by atoms with Crippen LogP contribution in [0.4, 0.5) is 4.39 Å². The Hall–Kier alpha value is -1.00. The molecule has 1 aliphatic carbocycles. The summed E-state index contributed by atoms with van der Waals surface area (Å²) in [4.78, 5) is 0. The Balaban J connectivity index is 2.03. The molecule has 0 aliphatic heterocycles. The van der Waals surface area contributed by atoms with Gasteiger partial charge < -0.3 is 0 Å². The molecule has 1 N–H and O–H groups in total. The molecule has 0 bridgehead atoms. The molecule has 13 heavy (non-hydrogen) atoms. The van der Waals surface area contributed by atoms with Gasteiger partial charge in [-0.3, -0.25) is 0 Å². The van der Waals surface area contributed by atoms with Crippen molar-refractivity contribution in [1.29, 1.82) is 0 Å². The van der Waals surface area contributed by atoms with E-state index >= 15 is 0 Å². The third kappa shape index (κ3) is 1.68. The summed E-state index contributed by atoms with van der Waals surface area (Å²) in [5, 5.41) is 13.8. The van der Waals surface area contributed by atoms with Gasteiger partial charge in [0.2, 0.25) is 0 Å². The monoisotopic (exact) mass is 184 g/mol. The molecule has 0 amide bonds. The van der Waals surface area contributed by atoms with Crippen LogP contribution < -0.4 is 0 Å². The molecule has 0 radical (unpaired) electrons. The lowest BCUT2D eigenvalue weighted by atomic mass is 9.81. The molecule has 1 aromatic rings. The second-order valence-electron chi connectivity index (χ2n) is 3.77. The predicted molar refractivity (Wildman–Crippen MR) is 44.8 cm³/mol. The molecule has 2 rings (SSSR count). The Morgan fingerprint density at radius 1 is 1.46 bits per heavy atom. The number of alkyl halides is 1. The van der Waals surface area contributed by atoms with Crippen molar-refractivity contribution in [2.75, 3.05) is 0 Å². The fraction of sp³-hybridized carbons (Fsp3) is 0.875. The van der Waals surface area contributed by atoms with E-state index in [1.807, 2.05) is 6.92 Å². The van der Waals surface area contributed by atoms with E-state index in [4.69, 9.17) is 0 Å². The van der Waals surface area contributed by atoms with Gasteiger partial charge in [0.05, 0.1) is 0 Å². The van der Waals surface area contributed by atoms with Gasteiger partial charge in [-0.05, 0) is 25.2 Å². The Morgan fingerprint density at radius 3 is 2.92 bits per heavy atom. The molecule has 0 spiro atoms. The lowest BCUT2D eigenvalue weighted by Crippen LogP contribution is -2.23. The predicted octanol–water partition coefficient (Wildman–Crippen LogP) is 1.44. The maximum atomic E-state index is 13.1. The zero-order valence-electron chi connectivity index (χ0n) is 7.57. The normalized spacial score (nSPS) is 34.8. The van der Waals surface area contributed by atoms with Crippen LogP contribution in [0.3, 0.4) is 0 Å². The van der Waals surface area contributed by atoms with E-state index in [9.17, 15) is 4.39 Å². The van der Waals surface area contributed by atoms with Crippen LogP contribution in [0.1, 0.15) is 37.9 Å². The number of aromatic amines is 1. The number of hydrogen-bond donors (Lipinski definition) is 1. The molecule has 4 nitrogen and oxygen atoms in total. The minimum absolute atomic E-state index is 0.122. The Kier molecular flexibility index (Phi) is 2.24. The average Bonchev–Trinajstić information content (AvgIpc) is 2.62. The largest absolute Gasteiger partial charge is 0.247 e. The molecule has 3 atom stereocenters. The molecular weight excluding hydrogens is 171 g/mol. The first-order chi connectivity index (χ1) is 6.27. The highest BCUT2D eigenvalue weighted by Crippen LogP contribution is 2.35. The maximum Gasteiger partial charge on any atom is 0.177 e. The van der Waals surface area contributed by atoms with Crippen LogP contribution in [0.2, 0.25) is 0 Å². The number of aromatic nitrogens is 4. The zero-order chi connectivity index (χ0) is 9.26. The summed E-state index contributed by atoms with van der Waals surface area (Å²) in [5.74, 6) is 1.15. The molecule has 3 unspecified atom stereocenters. The molecule has 72 valence electrons. The van der Waals surface area contributed by atoms with Crippen LogP contribution in [-0.2, 0) is 0 Å². The van der Waals surface area contributed by atoms with Crippen molar-refractivity contribution in [2.24, 2.45) is 5.92 Å². The van der Waals surface area contributed by atoms with Crippen molar-refractivity contribution in [2.45, 2.75) is 38.3 Å². The standard InChI is InChI=1S/C8H13FN4/c1-5-4-6(2-3-7(5)9)8-10-12-13-11-8/h5-7H,2-4H2,1H3,(H,10,11,12,13). The first kappa shape index (κ1) is 8.59. The highest BCUT2D eigenvalue weighted by Gasteiger charge is 2.30.